The molecule has 0 spiro atoms. The van der Waals surface area contributed by atoms with Crippen LogP contribution in [0.3, 0.4) is 0 Å². The number of amides is 1. The van der Waals surface area contributed by atoms with Crippen LogP contribution in [-0.4, -0.2) is 17.9 Å². The fourth-order valence-electron chi connectivity index (χ4n) is 0.782. The van der Waals surface area contributed by atoms with Crippen LogP contribution in [0.25, 0.3) is 0 Å². The minimum Gasteiger partial charge on any atom is -0.318 e. The summed E-state index contributed by atoms with van der Waals surface area (Å²) in [6, 6.07) is 0. The maximum Gasteiger partial charge on any atom is 0.252 e. The number of carbonyl (C=O) groups is 1. The first kappa shape index (κ1) is 11.0. The highest BCUT2D eigenvalue weighted by Gasteiger charge is 2.05. The summed E-state index contributed by atoms with van der Waals surface area (Å²) < 4.78 is 0. The molecule has 0 aliphatic carbocycles. The van der Waals surface area contributed by atoms with Gasteiger partial charge >= 0.3 is 0 Å². The van der Waals surface area contributed by atoms with E-state index in [0.717, 1.165) is 6.42 Å². The van der Waals surface area contributed by atoms with Crippen LogP contribution in [0.2, 0.25) is 0 Å². The van der Waals surface area contributed by atoms with Crippen molar-refractivity contribution in [2.45, 2.75) is 27.2 Å². The Balaban J connectivity index is 4.31. The number of rotatable bonds is 3. The van der Waals surface area contributed by atoms with Gasteiger partial charge in [0.25, 0.3) is 5.91 Å². The number of hydrogen-bond acceptors (Lipinski definition) is 1. The molecule has 1 amide bonds. The molecule has 0 saturated carbocycles. The molecule has 2 nitrogen and oxygen atoms in total. The summed E-state index contributed by atoms with van der Waals surface area (Å²) in [7, 11) is 1.75. The van der Waals surface area contributed by atoms with Crippen LogP contribution in [0.15, 0.2) is 23.9 Å². The maximum atomic E-state index is 11.3. The van der Waals surface area contributed by atoms with Crippen LogP contribution >= 0.6 is 0 Å². The molecule has 0 aromatic carbocycles. The van der Waals surface area contributed by atoms with Crippen molar-refractivity contribution in [2.24, 2.45) is 0 Å². The normalized spacial score (nSPS) is 11.2. The monoisotopic (exact) mass is 167 g/mol. The van der Waals surface area contributed by atoms with E-state index in [2.05, 4.69) is 13.5 Å². The Kier molecular flexibility index (Phi) is 4.34. The molecule has 0 atom stereocenters. The standard InChI is InChI=1S/C10H17NO/c1-6-9(4)7-11(5)10(12)8(2)3/h7H,2,6H2,1,3-5H3/b9-7+. The van der Waals surface area contributed by atoms with Gasteiger partial charge in [-0.3, -0.25) is 4.79 Å². The first-order valence-electron chi connectivity index (χ1n) is 4.09. The Bertz CT molecular complexity index is 216. The molecule has 12 heavy (non-hydrogen) atoms. The molecule has 68 valence electrons. The van der Waals surface area contributed by atoms with Crippen LogP contribution in [-0.2, 0) is 4.79 Å². The zero-order valence-electron chi connectivity index (χ0n) is 8.35. The second-order valence-corrected chi connectivity index (χ2v) is 3.03. The average Bonchev–Trinajstić information content (AvgIpc) is 2.02. The van der Waals surface area contributed by atoms with Gasteiger partial charge in [0, 0.05) is 18.8 Å². The van der Waals surface area contributed by atoms with Gasteiger partial charge in [-0.2, -0.15) is 0 Å². The van der Waals surface area contributed by atoms with E-state index >= 15 is 0 Å². The molecule has 0 unspecified atom stereocenters. The van der Waals surface area contributed by atoms with Crippen molar-refractivity contribution in [3.8, 4) is 0 Å². The number of likely N-dealkylation sites (N-methyl/N-ethyl adjacent to an activating group) is 1. The molecule has 0 rings (SSSR count). The number of nitrogens with zero attached hydrogens (tertiary/aromatic N) is 1. The van der Waals surface area contributed by atoms with E-state index in [4.69, 9.17) is 0 Å². The molecular weight excluding hydrogens is 150 g/mol. The third-order valence-electron chi connectivity index (χ3n) is 1.66. The van der Waals surface area contributed by atoms with E-state index in [1.807, 2.05) is 13.1 Å². The molecular formula is C10H17NO. The van der Waals surface area contributed by atoms with Gasteiger partial charge in [0.15, 0.2) is 0 Å². The molecule has 0 aromatic rings. The second-order valence-electron chi connectivity index (χ2n) is 3.03. The summed E-state index contributed by atoms with van der Waals surface area (Å²) in [4.78, 5) is 12.8. The van der Waals surface area contributed by atoms with Crippen LogP contribution in [0, 0.1) is 0 Å². The SMILES string of the molecule is C=C(C)C(=O)N(C)/C=C(\C)CC. The van der Waals surface area contributed by atoms with Gasteiger partial charge in [-0.15, -0.1) is 0 Å². The van der Waals surface area contributed by atoms with Gasteiger partial charge < -0.3 is 4.90 Å². The first-order valence-corrected chi connectivity index (χ1v) is 4.09. The zero-order valence-corrected chi connectivity index (χ0v) is 8.35. The maximum absolute atomic E-state index is 11.3. The van der Waals surface area contributed by atoms with Gasteiger partial charge in [0.2, 0.25) is 0 Å². The Hall–Kier alpha value is -1.05. The lowest BCUT2D eigenvalue weighted by Crippen LogP contribution is -2.21. The average molecular weight is 167 g/mol. The summed E-state index contributed by atoms with van der Waals surface area (Å²) in [5.41, 5.74) is 1.75. The lowest BCUT2D eigenvalue weighted by atomic mass is 10.2. The van der Waals surface area contributed by atoms with Gasteiger partial charge in [0.05, 0.1) is 0 Å². The van der Waals surface area contributed by atoms with Crippen molar-refractivity contribution < 1.29 is 4.79 Å². The summed E-state index contributed by atoms with van der Waals surface area (Å²) in [6.45, 7) is 9.37. The minimum atomic E-state index is -0.0252. The van der Waals surface area contributed by atoms with Crippen molar-refractivity contribution in [3.63, 3.8) is 0 Å². The molecule has 0 fully saturated rings. The molecule has 0 aromatic heterocycles. The van der Waals surface area contributed by atoms with Crippen molar-refractivity contribution in [1.82, 2.24) is 4.90 Å². The van der Waals surface area contributed by atoms with E-state index in [-0.39, 0.29) is 5.91 Å². The van der Waals surface area contributed by atoms with Crippen molar-refractivity contribution in [1.29, 1.82) is 0 Å². The molecule has 0 aliphatic heterocycles. The van der Waals surface area contributed by atoms with E-state index in [0.29, 0.717) is 5.57 Å². The summed E-state index contributed by atoms with van der Waals surface area (Å²) >= 11 is 0. The van der Waals surface area contributed by atoms with Crippen LogP contribution in [0.4, 0.5) is 0 Å². The highest BCUT2D eigenvalue weighted by molar-refractivity contribution is 5.92. The third-order valence-corrected chi connectivity index (χ3v) is 1.66. The quantitative estimate of drug-likeness (QED) is 0.591. The number of hydrogen-bond donors (Lipinski definition) is 0. The van der Waals surface area contributed by atoms with E-state index in [1.54, 1.807) is 18.9 Å². The van der Waals surface area contributed by atoms with E-state index in [9.17, 15) is 4.79 Å². The van der Waals surface area contributed by atoms with Gasteiger partial charge in [-0.05, 0) is 20.3 Å². The van der Waals surface area contributed by atoms with Crippen molar-refractivity contribution in [3.05, 3.63) is 23.9 Å². The lowest BCUT2D eigenvalue weighted by molar-refractivity contribution is -0.123. The van der Waals surface area contributed by atoms with Gasteiger partial charge in [-0.25, -0.2) is 0 Å². The molecule has 2 heteroatoms. The number of carbonyl (C=O) groups excluding carboxylic acids is 1. The first-order chi connectivity index (χ1) is 5.49. The van der Waals surface area contributed by atoms with Crippen LogP contribution < -0.4 is 0 Å². The fraction of sp³-hybridized carbons (Fsp3) is 0.500. The molecule has 0 N–H and O–H groups in total. The highest BCUT2D eigenvalue weighted by atomic mass is 16.2. The van der Waals surface area contributed by atoms with Crippen molar-refractivity contribution >= 4 is 5.91 Å². The summed E-state index contributed by atoms with van der Waals surface area (Å²) in [5, 5.41) is 0. The molecule has 0 radical (unpaired) electrons. The summed E-state index contributed by atoms with van der Waals surface area (Å²) in [6.07, 6.45) is 2.81. The van der Waals surface area contributed by atoms with E-state index < -0.39 is 0 Å². The van der Waals surface area contributed by atoms with Crippen LogP contribution in [0.5, 0.6) is 0 Å². The van der Waals surface area contributed by atoms with Crippen molar-refractivity contribution in [2.75, 3.05) is 7.05 Å². The lowest BCUT2D eigenvalue weighted by Gasteiger charge is -2.12. The largest absolute Gasteiger partial charge is 0.318 e. The topological polar surface area (TPSA) is 20.3 Å². The fourth-order valence-corrected chi connectivity index (χ4v) is 0.782. The molecule has 0 aliphatic rings. The minimum absolute atomic E-state index is 0.0252. The Morgan fingerprint density at radius 1 is 1.50 bits per heavy atom. The zero-order chi connectivity index (χ0) is 9.72. The third kappa shape index (κ3) is 3.37. The van der Waals surface area contributed by atoms with Gasteiger partial charge in [-0.1, -0.05) is 19.1 Å². The Morgan fingerprint density at radius 2 is 2.00 bits per heavy atom. The molecule has 0 bridgehead atoms. The molecule has 0 saturated heterocycles. The smallest absolute Gasteiger partial charge is 0.252 e. The van der Waals surface area contributed by atoms with E-state index in [1.165, 1.54) is 5.57 Å². The molecule has 0 heterocycles. The van der Waals surface area contributed by atoms with Gasteiger partial charge in [0.1, 0.15) is 0 Å². The predicted molar refractivity (Wildman–Crippen MR) is 51.6 cm³/mol. The summed E-state index contributed by atoms with van der Waals surface area (Å²) in [5.74, 6) is -0.0252. The van der Waals surface area contributed by atoms with Crippen LogP contribution in [0.1, 0.15) is 27.2 Å². The number of allylic oxidation sites excluding steroid dienone is 1. The highest BCUT2D eigenvalue weighted by Crippen LogP contribution is 2.02. The second kappa shape index (κ2) is 4.75. The predicted octanol–water partition coefficient (Wildman–Crippen LogP) is 2.33. The Labute approximate surface area is 74.6 Å². The Morgan fingerprint density at radius 3 is 2.33 bits per heavy atom.